The number of thiophene rings is 1. The van der Waals surface area contributed by atoms with Crippen LogP contribution in [0.2, 0.25) is 0 Å². The number of likely N-dealkylation sites (N-methyl/N-ethyl adjacent to an activating group) is 1. The van der Waals surface area contributed by atoms with Crippen LogP contribution in [0.3, 0.4) is 0 Å². The Labute approximate surface area is 149 Å². The molecule has 0 fully saturated rings. The normalized spacial score (nSPS) is 13.6. The maximum Gasteiger partial charge on any atom is 0.332 e. The second kappa shape index (κ2) is 7.13. The molecule has 7 nitrogen and oxygen atoms in total. The molecular formula is C17H24N3O4S+. The smallest absolute Gasteiger partial charge is 0.332 e. The van der Waals surface area contributed by atoms with E-state index in [1.165, 1.54) is 9.78 Å². The molecule has 136 valence electrons. The van der Waals surface area contributed by atoms with E-state index in [2.05, 4.69) is 0 Å². The van der Waals surface area contributed by atoms with E-state index in [0.717, 1.165) is 40.8 Å². The molecule has 1 aliphatic rings. The van der Waals surface area contributed by atoms with Gasteiger partial charge in [0.2, 0.25) is 0 Å². The molecule has 0 aromatic carbocycles. The molecule has 2 aromatic rings. The summed E-state index contributed by atoms with van der Waals surface area (Å²) >= 11 is 1.56. The van der Waals surface area contributed by atoms with Crippen LogP contribution in [-0.2, 0) is 35.5 Å². The molecule has 1 aliphatic carbocycles. The van der Waals surface area contributed by atoms with Gasteiger partial charge in [0.1, 0.15) is 11.4 Å². The molecule has 2 aromatic heterocycles. The van der Waals surface area contributed by atoms with E-state index in [4.69, 9.17) is 4.74 Å². The minimum atomic E-state index is -0.558. The number of hydrogen-bond donors (Lipinski definition) is 1. The van der Waals surface area contributed by atoms with Gasteiger partial charge in [-0.2, -0.15) is 0 Å². The van der Waals surface area contributed by atoms with Crippen LogP contribution in [0.4, 0.5) is 0 Å². The fourth-order valence-electron chi connectivity index (χ4n) is 3.26. The first kappa shape index (κ1) is 17.9. The van der Waals surface area contributed by atoms with E-state index in [-0.39, 0.29) is 18.7 Å². The number of esters is 1. The number of nitrogens with zero attached hydrogens (tertiary/aromatic N) is 2. The lowest BCUT2D eigenvalue weighted by Crippen LogP contribution is -3.06. The van der Waals surface area contributed by atoms with E-state index in [1.54, 1.807) is 22.8 Å². The SMILES string of the molecule is CCOC(=O)Cn1c(=O)c2c3c(sc2n(CC[NH+](C)C)c1=O)CCC3. The number of aromatic nitrogens is 2. The Balaban J connectivity index is 2.19. The lowest BCUT2D eigenvalue weighted by molar-refractivity contribution is -0.858. The highest BCUT2D eigenvalue weighted by molar-refractivity contribution is 7.18. The fourth-order valence-corrected chi connectivity index (χ4v) is 4.66. The summed E-state index contributed by atoms with van der Waals surface area (Å²) in [5.74, 6) is -0.558. The van der Waals surface area contributed by atoms with E-state index in [1.807, 2.05) is 14.1 Å². The highest BCUT2D eigenvalue weighted by Crippen LogP contribution is 2.34. The summed E-state index contributed by atoms with van der Waals surface area (Å²) in [5, 5.41) is 0.621. The number of carbonyl (C=O) groups is 1. The molecule has 0 amide bonds. The Morgan fingerprint density at radius 2 is 2.00 bits per heavy atom. The highest BCUT2D eigenvalue weighted by Gasteiger charge is 2.25. The summed E-state index contributed by atoms with van der Waals surface area (Å²) in [4.78, 5) is 40.9. The second-order valence-corrected chi connectivity index (χ2v) is 7.71. The molecule has 0 spiro atoms. The Morgan fingerprint density at radius 1 is 1.24 bits per heavy atom. The number of ether oxygens (including phenoxy) is 1. The van der Waals surface area contributed by atoms with Crippen molar-refractivity contribution in [2.75, 3.05) is 27.2 Å². The molecule has 3 rings (SSSR count). The van der Waals surface area contributed by atoms with Gasteiger partial charge in [0.25, 0.3) is 5.56 Å². The van der Waals surface area contributed by atoms with Crippen LogP contribution in [0.25, 0.3) is 10.2 Å². The first-order valence-electron chi connectivity index (χ1n) is 8.66. The van der Waals surface area contributed by atoms with Crippen molar-refractivity contribution >= 4 is 27.5 Å². The summed E-state index contributed by atoms with van der Waals surface area (Å²) < 4.78 is 7.63. The highest BCUT2D eigenvalue weighted by atomic mass is 32.1. The van der Waals surface area contributed by atoms with Crippen LogP contribution < -0.4 is 16.1 Å². The zero-order valence-electron chi connectivity index (χ0n) is 14.9. The molecule has 0 atom stereocenters. The quantitative estimate of drug-likeness (QED) is 0.695. The number of rotatable bonds is 6. The van der Waals surface area contributed by atoms with Crippen molar-refractivity contribution in [1.29, 1.82) is 0 Å². The number of carbonyl (C=O) groups excluding carboxylic acids is 1. The number of quaternary nitrogens is 1. The van der Waals surface area contributed by atoms with Gasteiger partial charge in [-0.3, -0.25) is 14.2 Å². The Bertz CT molecular complexity index is 923. The summed E-state index contributed by atoms with van der Waals surface area (Å²) in [6, 6.07) is 0. The number of hydrogen-bond acceptors (Lipinski definition) is 5. The van der Waals surface area contributed by atoms with Crippen molar-refractivity contribution in [1.82, 2.24) is 9.13 Å². The first-order chi connectivity index (χ1) is 11.9. The van der Waals surface area contributed by atoms with Gasteiger partial charge >= 0.3 is 11.7 Å². The fraction of sp³-hybridized carbons (Fsp3) is 0.588. The zero-order valence-corrected chi connectivity index (χ0v) is 15.7. The second-order valence-electron chi connectivity index (χ2n) is 6.63. The standard InChI is InChI=1S/C17H23N3O4S/c1-4-24-13(21)10-20-15(22)14-11-6-5-7-12(11)25-16(14)19(17(20)23)9-8-18(2)3/h4-10H2,1-3H3/p+1. The summed E-state index contributed by atoms with van der Waals surface area (Å²) in [7, 11) is 4.04. The maximum atomic E-state index is 12.9. The maximum absolute atomic E-state index is 12.9. The van der Waals surface area contributed by atoms with Crippen molar-refractivity contribution in [3.05, 3.63) is 31.3 Å². The number of aryl methyl sites for hydroxylation is 2. The Morgan fingerprint density at radius 3 is 2.68 bits per heavy atom. The van der Waals surface area contributed by atoms with Gasteiger partial charge in [0.05, 0.1) is 39.2 Å². The predicted molar refractivity (Wildman–Crippen MR) is 96.7 cm³/mol. The molecular weight excluding hydrogens is 342 g/mol. The van der Waals surface area contributed by atoms with Crippen molar-refractivity contribution < 1.29 is 14.4 Å². The summed E-state index contributed by atoms with van der Waals surface area (Å²) in [6.07, 6.45) is 2.86. The molecule has 0 saturated heterocycles. The Kier molecular flexibility index (Phi) is 5.10. The first-order valence-corrected chi connectivity index (χ1v) is 9.48. The summed E-state index contributed by atoms with van der Waals surface area (Å²) in [5.41, 5.74) is 0.279. The average molecular weight is 366 g/mol. The van der Waals surface area contributed by atoms with Gasteiger partial charge in [-0.1, -0.05) is 0 Å². The third kappa shape index (κ3) is 3.28. The lowest BCUT2D eigenvalue weighted by atomic mass is 10.2. The van der Waals surface area contributed by atoms with E-state index < -0.39 is 11.7 Å². The van der Waals surface area contributed by atoms with Gasteiger partial charge in [0, 0.05) is 4.88 Å². The molecule has 2 heterocycles. The zero-order chi connectivity index (χ0) is 18.1. The van der Waals surface area contributed by atoms with Gasteiger partial charge in [0.15, 0.2) is 0 Å². The van der Waals surface area contributed by atoms with E-state index >= 15 is 0 Å². The predicted octanol–water partition coefficient (Wildman–Crippen LogP) is -0.579. The van der Waals surface area contributed by atoms with E-state index in [9.17, 15) is 14.4 Å². The largest absolute Gasteiger partial charge is 0.465 e. The van der Waals surface area contributed by atoms with Crippen LogP contribution in [0.15, 0.2) is 9.59 Å². The molecule has 1 N–H and O–H groups in total. The van der Waals surface area contributed by atoms with Gasteiger partial charge < -0.3 is 9.64 Å². The topological polar surface area (TPSA) is 74.7 Å². The van der Waals surface area contributed by atoms with Gasteiger partial charge in [-0.05, 0) is 31.7 Å². The molecule has 0 unspecified atom stereocenters. The molecule has 0 bridgehead atoms. The van der Waals surface area contributed by atoms with Crippen molar-refractivity contribution in [3.63, 3.8) is 0 Å². The monoisotopic (exact) mass is 366 g/mol. The molecule has 0 saturated carbocycles. The molecule has 0 aliphatic heterocycles. The number of nitrogens with one attached hydrogen (secondary N) is 1. The van der Waals surface area contributed by atoms with Crippen molar-refractivity contribution in [3.8, 4) is 0 Å². The van der Waals surface area contributed by atoms with Gasteiger partial charge in [-0.15, -0.1) is 11.3 Å². The minimum Gasteiger partial charge on any atom is -0.465 e. The van der Waals surface area contributed by atoms with Crippen LogP contribution in [-0.4, -0.2) is 42.4 Å². The van der Waals surface area contributed by atoms with E-state index in [0.29, 0.717) is 11.9 Å². The van der Waals surface area contributed by atoms with Gasteiger partial charge in [-0.25, -0.2) is 9.36 Å². The van der Waals surface area contributed by atoms with Crippen LogP contribution in [0, 0.1) is 0 Å². The average Bonchev–Trinajstić information content (AvgIpc) is 3.12. The van der Waals surface area contributed by atoms with Crippen LogP contribution in [0.5, 0.6) is 0 Å². The third-order valence-electron chi connectivity index (χ3n) is 4.50. The van der Waals surface area contributed by atoms with Crippen LogP contribution in [0.1, 0.15) is 23.8 Å². The lowest BCUT2D eigenvalue weighted by Gasteiger charge is -2.13. The van der Waals surface area contributed by atoms with Crippen molar-refractivity contribution in [2.45, 2.75) is 39.3 Å². The Hall–Kier alpha value is -1.93. The minimum absolute atomic E-state index is 0.224. The van der Waals surface area contributed by atoms with Crippen LogP contribution >= 0.6 is 11.3 Å². The van der Waals surface area contributed by atoms with Crippen molar-refractivity contribution in [2.24, 2.45) is 0 Å². The summed E-state index contributed by atoms with van der Waals surface area (Å²) in [6.45, 7) is 2.87. The number of fused-ring (bicyclic) bond motifs is 3. The third-order valence-corrected chi connectivity index (χ3v) is 5.81. The molecule has 0 radical (unpaired) electrons. The molecule has 8 heteroatoms. The molecule has 25 heavy (non-hydrogen) atoms.